The lowest BCUT2D eigenvalue weighted by Gasteiger charge is -2.32. The Morgan fingerprint density at radius 3 is 2.10 bits per heavy atom. The number of nitrogens with zero attached hydrogens (tertiary/aromatic N) is 2. The third-order valence-corrected chi connectivity index (χ3v) is 7.71. The van der Waals surface area contributed by atoms with Gasteiger partial charge in [-0.15, -0.1) is 11.3 Å². The van der Waals surface area contributed by atoms with Crippen LogP contribution in [0.5, 0.6) is 11.5 Å². The minimum absolute atomic E-state index is 0.0367. The Bertz CT molecular complexity index is 1360. The minimum Gasteiger partial charge on any atom is -0.493 e. The molecule has 4 rings (SSSR count). The molecule has 1 amide bonds. The quantitative estimate of drug-likeness (QED) is 0.223. The molecule has 0 N–H and O–H groups in total. The fourth-order valence-electron chi connectivity index (χ4n) is 4.68. The molecule has 216 valence electrons. The number of ether oxygens (including phenoxy) is 3. The Balaban J connectivity index is 1.58. The minimum atomic E-state index is -5.24. The maximum atomic E-state index is 13.2. The highest BCUT2D eigenvalue weighted by atomic mass is 32.1. The van der Waals surface area contributed by atoms with Crippen molar-refractivity contribution < 1.29 is 59.5 Å². The second-order valence-electron chi connectivity index (χ2n) is 9.01. The molecular weight excluding hydrogens is 570 g/mol. The molecule has 8 nitrogen and oxygen atoms in total. The van der Waals surface area contributed by atoms with E-state index in [1.165, 1.54) is 25.2 Å². The predicted octanol–water partition coefficient (Wildman–Crippen LogP) is 4.24. The van der Waals surface area contributed by atoms with Gasteiger partial charge in [-0.05, 0) is 23.8 Å². The lowest BCUT2D eigenvalue weighted by molar-refractivity contribution is -0.577. The number of halogens is 6. The summed E-state index contributed by atoms with van der Waals surface area (Å²) in [5.74, 6) is -4.68. The molecule has 1 aromatic carbocycles. The van der Waals surface area contributed by atoms with E-state index in [1.807, 2.05) is 0 Å². The van der Waals surface area contributed by atoms with Gasteiger partial charge in [0.15, 0.2) is 24.1 Å². The topological polar surface area (TPSA) is 85.2 Å². The zero-order valence-electron chi connectivity index (χ0n) is 21.1. The fraction of sp³-hybridized carbons (Fsp3) is 0.440. The Hall–Kier alpha value is -3.62. The number of methoxy groups -OCH3 is 2. The summed E-state index contributed by atoms with van der Waals surface area (Å²) in [4.78, 5) is 37.0. The summed E-state index contributed by atoms with van der Waals surface area (Å²) in [6.07, 6.45) is -9.35. The van der Waals surface area contributed by atoms with Crippen LogP contribution in [0.2, 0.25) is 0 Å². The zero-order chi connectivity index (χ0) is 29.4. The van der Waals surface area contributed by atoms with Gasteiger partial charge in [-0.1, -0.05) is 0 Å². The van der Waals surface area contributed by atoms with Gasteiger partial charge in [0, 0.05) is 38.4 Å². The second kappa shape index (κ2) is 11.1. The van der Waals surface area contributed by atoms with Crippen molar-refractivity contribution >= 4 is 34.9 Å². The molecule has 0 spiro atoms. The first-order chi connectivity index (χ1) is 18.7. The van der Waals surface area contributed by atoms with Crippen molar-refractivity contribution in [1.82, 2.24) is 4.90 Å². The van der Waals surface area contributed by atoms with Gasteiger partial charge in [0.1, 0.15) is 0 Å². The monoisotopic (exact) mass is 593 g/mol. The SMILES string of the molecule is COc1cc2c(cc1OC)C(OC(=O)C(F)(F)F)=[N+](C1CCN(C(=O)c3ccc(C(=O)C(F)(F)F)s3)CC1)CC2. The lowest BCUT2D eigenvalue weighted by Crippen LogP contribution is -2.47. The molecule has 0 unspecified atom stereocenters. The maximum Gasteiger partial charge on any atom is 0.491 e. The van der Waals surface area contributed by atoms with Crippen molar-refractivity contribution in [1.29, 1.82) is 0 Å². The number of benzene rings is 1. The highest BCUT2D eigenvalue weighted by Crippen LogP contribution is 2.34. The van der Waals surface area contributed by atoms with E-state index in [4.69, 9.17) is 14.2 Å². The van der Waals surface area contributed by atoms with Gasteiger partial charge in [-0.3, -0.25) is 9.59 Å². The molecule has 0 bridgehead atoms. The summed E-state index contributed by atoms with van der Waals surface area (Å²) in [7, 11) is 2.77. The van der Waals surface area contributed by atoms with Gasteiger partial charge < -0.3 is 19.1 Å². The van der Waals surface area contributed by atoms with Gasteiger partial charge in [0.05, 0.1) is 29.5 Å². The van der Waals surface area contributed by atoms with Crippen LogP contribution in [0.25, 0.3) is 0 Å². The van der Waals surface area contributed by atoms with E-state index in [2.05, 4.69) is 0 Å². The van der Waals surface area contributed by atoms with Gasteiger partial charge in [0.2, 0.25) is 0 Å². The number of hydrogen-bond donors (Lipinski definition) is 0. The van der Waals surface area contributed by atoms with Crippen molar-refractivity contribution in [3.63, 3.8) is 0 Å². The number of hydrogen-bond acceptors (Lipinski definition) is 7. The average Bonchev–Trinajstić information content (AvgIpc) is 3.40. The molecule has 0 aliphatic carbocycles. The standard InChI is InChI=1S/C25H23F6N2O6S/c1-37-16-11-13-5-10-33(22(15(13)12-17(16)38-2)39-23(36)25(29,30)31)14-6-8-32(9-7-14)21(35)19-4-3-18(40-19)20(34)24(26,27)28/h3-4,11-12,14H,5-10H2,1-2H3/q+1. The molecule has 1 aromatic heterocycles. The first-order valence-corrected chi connectivity index (χ1v) is 12.7. The van der Waals surface area contributed by atoms with Crippen LogP contribution in [0.1, 0.15) is 43.3 Å². The van der Waals surface area contributed by atoms with Gasteiger partial charge in [-0.2, -0.15) is 30.9 Å². The summed E-state index contributed by atoms with van der Waals surface area (Å²) in [5, 5.41) is 0. The number of carbonyl (C=O) groups excluding carboxylic acids is 3. The van der Waals surface area contributed by atoms with Crippen molar-refractivity contribution in [2.75, 3.05) is 33.9 Å². The van der Waals surface area contributed by atoms with Crippen LogP contribution in [0, 0.1) is 0 Å². The van der Waals surface area contributed by atoms with Gasteiger partial charge >= 0.3 is 24.2 Å². The Labute approximate surface area is 227 Å². The van der Waals surface area contributed by atoms with E-state index < -0.39 is 40.9 Å². The molecule has 0 radical (unpaired) electrons. The molecular formula is C25H23F6N2O6S+. The van der Waals surface area contributed by atoms with E-state index >= 15 is 0 Å². The normalized spacial score (nSPS) is 16.4. The molecule has 0 atom stereocenters. The number of thiophene rings is 1. The Morgan fingerprint density at radius 2 is 1.52 bits per heavy atom. The Morgan fingerprint density at radius 1 is 0.925 bits per heavy atom. The van der Waals surface area contributed by atoms with E-state index in [1.54, 1.807) is 10.6 Å². The first-order valence-electron chi connectivity index (χ1n) is 11.9. The Kier molecular flexibility index (Phi) is 8.15. The molecule has 3 heterocycles. The van der Waals surface area contributed by atoms with Crippen molar-refractivity contribution in [2.24, 2.45) is 0 Å². The number of piperidine rings is 1. The summed E-state index contributed by atoms with van der Waals surface area (Å²) in [6, 6.07) is 4.74. The van der Waals surface area contributed by atoms with Crippen LogP contribution in [0.4, 0.5) is 26.3 Å². The molecule has 1 fully saturated rings. The number of ketones is 1. The van der Waals surface area contributed by atoms with E-state index in [0.29, 0.717) is 29.1 Å². The number of amides is 1. The number of esters is 1. The maximum absolute atomic E-state index is 13.2. The largest absolute Gasteiger partial charge is 0.493 e. The second-order valence-corrected chi connectivity index (χ2v) is 10.1. The molecule has 1 saturated heterocycles. The summed E-state index contributed by atoms with van der Waals surface area (Å²) in [5.41, 5.74) is 0.828. The summed E-state index contributed by atoms with van der Waals surface area (Å²) in [6.45, 7) is 0.495. The number of fused-ring (bicyclic) bond motifs is 1. The molecule has 2 aliphatic heterocycles. The van der Waals surface area contributed by atoms with E-state index in [-0.39, 0.29) is 54.6 Å². The van der Waals surface area contributed by atoms with Crippen molar-refractivity contribution in [3.8, 4) is 11.5 Å². The number of alkyl halides is 6. The number of Topliss-reactive ketones (excluding diaryl/α,β-unsaturated/α-hetero) is 1. The highest BCUT2D eigenvalue weighted by Gasteiger charge is 2.46. The fourth-order valence-corrected chi connectivity index (χ4v) is 5.62. The van der Waals surface area contributed by atoms with Gasteiger partial charge in [0.25, 0.3) is 11.7 Å². The summed E-state index contributed by atoms with van der Waals surface area (Å²) < 4.78 is 94.6. The van der Waals surface area contributed by atoms with Crippen LogP contribution in [-0.2, 0) is 16.0 Å². The van der Waals surface area contributed by atoms with E-state index in [9.17, 15) is 40.7 Å². The molecule has 2 aliphatic rings. The smallest absolute Gasteiger partial charge is 0.491 e. The van der Waals surface area contributed by atoms with Crippen LogP contribution < -0.4 is 9.47 Å². The van der Waals surface area contributed by atoms with Gasteiger partial charge in [-0.25, -0.2) is 4.79 Å². The third-order valence-electron chi connectivity index (χ3n) is 6.63. The number of rotatable bonds is 5. The number of carbonyl (C=O) groups is 3. The predicted molar refractivity (Wildman–Crippen MR) is 128 cm³/mol. The third kappa shape index (κ3) is 5.93. The van der Waals surface area contributed by atoms with Crippen LogP contribution in [0.15, 0.2) is 24.3 Å². The van der Waals surface area contributed by atoms with Crippen LogP contribution >= 0.6 is 11.3 Å². The highest BCUT2D eigenvalue weighted by molar-refractivity contribution is 7.16. The molecule has 2 aromatic rings. The lowest BCUT2D eigenvalue weighted by atomic mass is 9.96. The van der Waals surface area contributed by atoms with Crippen molar-refractivity contribution in [3.05, 3.63) is 45.1 Å². The number of likely N-dealkylation sites (tertiary alicyclic amines) is 1. The van der Waals surface area contributed by atoms with E-state index in [0.717, 1.165) is 12.1 Å². The molecule has 15 heteroatoms. The van der Waals surface area contributed by atoms with Crippen LogP contribution in [0.3, 0.4) is 0 Å². The molecule has 0 saturated carbocycles. The average molecular weight is 594 g/mol. The zero-order valence-corrected chi connectivity index (χ0v) is 22.0. The van der Waals surface area contributed by atoms with Crippen LogP contribution in [-0.4, -0.2) is 85.3 Å². The molecule has 40 heavy (non-hydrogen) atoms. The first kappa shape index (κ1) is 29.4. The van der Waals surface area contributed by atoms with Crippen molar-refractivity contribution in [2.45, 2.75) is 37.7 Å². The summed E-state index contributed by atoms with van der Waals surface area (Å²) >= 11 is 0.445.